The molecule has 21 heavy (non-hydrogen) atoms. The van der Waals surface area contributed by atoms with Crippen LogP contribution in [0.5, 0.6) is 0 Å². The predicted octanol–water partition coefficient (Wildman–Crippen LogP) is 3.45. The largest absolute Gasteiger partial charge is 0.480 e. The van der Waals surface area contributed by atoms with Gasteiger partial charge in [0.2, 0.25) is 0 Å². The number of carbonyl (C=O) groups excluding carboxylic acids is 1. The lowest BCUT2D eigenvalue weighted by molar-refractivity contribution is -0.146. The van der Waals surface area contributed by atoms with Crippen molar-refractivity contribution in [2.45, 2.75) is 44.6 Å². The van der Waals surface area contributed by atoms with Gasteiger partial charge in [0.15, 0.2) is 5.13 Å². The number of halogens is 1. The Kier molecular flexibility index (Phi) is 5.21. The molecule has 3 N–H and O–H groups in total. The molecule has 0 spiro atoms. The van der Waals surface area contributed by atoms with Crippen LogP contribution in [0.15, 0.2) is 9.98 Å². The van der Waals surface area contributed by atoms with Gasteiger partial charge in [-0.1, -0.05) is 24.7 Å². The average molecular weight is 376 g/mol. The molecule has 1 aromatic rings. The number of amides is 2. The van der Waals surface area contributed by atoms with Gasteiger partial charge in [0.1, 0.15) is 5.54 Å². The van der Waals surface area contributed by atoms with Crippen molar-refractivity contribution in [1.82, 2.24) is 10.3 Å². The molecule has 1 fully saturated rings. The molecule has 0 radical (unpaired) electrons. The second-order valence-electron chi connectivity index (χ2n) is 5.29. The Bertz CT molecular complexity index is 526. The summed E-state index contributed by atoms with van der Waals surface area (Å²) in [5.74, 6) is -0.412. The van der Waals surface area contributed by atoms with E-state index in [4.69, 9.17) is 0 Å². The molecule has 1 saturated carbocycles. The van der Waals surface area contributed by atoms with E-state index in [0.717, 1.165) is 23.0 Å². The zero-order valence-corrected chi connectivity index (χ0v) is 14.1. The van der Waals surface area contributed by atoms with Gasteiger partial charge in [-0.25, -0.2) is 14.6 Å². The minimum atomic E-state index is -1.16. The van der Waals surface area contributed by atoms with Gasteiger partial charge in [-0.3, -0.25) is 5.32 Å². The van der Waals surface area contributed by atoms with Crippen molar-refractivity contribution < 1.29 is 14.7 Å². The van der Waals surface area contributed by atoms with Gasteiger partial charge in [-0.2, -0.15) is 0 Å². The van der Waals surface area contributed by atoms with Gasteiger partial charge < -0.3 is 10.4 Å². The van der Waals surface area contributed by atoms with Crippen molar-refractivity contribution in [3.05, 3.63) is 9.98 Å². The number of anilines is 1. The minimum absolute atomic E-state index is 0.433. The van der Waals surface area contributed by atoms with Crippen LogP contribution in [0.2, 0.25) is 0 Å². The van der Waals surface area contributed by atoms with Crippen molar-refractivity contribution >= 4 is 44.4 Å². The van der Waals surface area contributed by atoms with Gasteiger partial charge in [-0.05, 0) is 47.5 Å². The molecule has 2 amide bonds. The number of rotatable bonds is 4. The van der Waals surface area contributed by atoms with Gasteiger partial charge in [-0.15, -0.1) is 0 Å². The molecular formula is C13H18BrN3O3S. The summed E-state index contributed by atoms with van der Waals surface area (Å²) in [5.41, 5.74) is -1.16. The Morgan fingerprint density at radius 3 is 2.67 bits per heavy atom. The Morgan fingerprint density at radius 2 is 2.19 bits per heavy atom. The molecule has 8 heteroatoms. The van der Waals surface area contributed by atoms with E-state index >= 15 is 0 Å². The summed E-state index contributed by atoms with van der Waals surface area (Å²) >= 11 is 4.53. The third-order valence-corrected chi connectivity index (χ3v) is 5.39. The summed E-state index contributed by atoms with van der Waals surface area (Å²) in [6.07, 6.45) is 5.22. The van der Waals surface area contributed by atoms with Crippen LogP contribution in [0.25, 0.3) is 0 Å². The van der Waals surface area contributed by atoms with Crippen molar-refractivity contribution in [1.29, 1.82) is 0 Å². The molecule has 0 unspecified atom stereocenters. The van der Waals surface area contributed by atoms with Crippen LogP contribution in [-0.2, 0) is 4.79 Å². The maximum atomic E-state index is 12.0. The monoisotopic (exact) mass is 375 g/mol. The number of aliphatic carboxylic acids is 1. The fourth-order valence-electron chi connectivity index (χ4n) is 2.63. The summed E-state index contributed by atoms with van der Waals surface area (Å²) in [6, 6.07) is -0.519. The standard InChI is InChI=1S/C13H18BrN3O3S/c1-2-8-3-5-13(6-4-8,10(18)19)17-11(20)16-12-15-7-9(14)21-12/h7-8H,2-6H2,1H3,(H,18,19)(H2,15,16,17,20). The lowest BCUT2D eigenvalue weighted by atomic mass is 9.75. The number of thiazole rings is 1. The van der Waals surface area contributed by atoms with Crippen LogP contribution < -0.4 is 10.6 Å². The quantitative estimate of drug-likeness (QED) is 0.751. The highest BCUT2D eigenvalue weighted by Gasteiger charge is 2.43. The van der Waals surface area contributed by atoms with Crippen molar-refractivity contribution in [2.75, 3.05) is 5.32 Å². The first-order chi connectivity index (χ1) is 9.95. The molecule has 0 atom stereocenters. The van der Waals surface area contributed by atoms with Gasteiger partial charge in [0.05, 0.1) is 9.98 Å². The molecule has 1 heterocycles. The van der Waals surface area contributed by atoms with E-state index in [1.807, 2.05) is 0 Å². The third-order valence-electron chi connectivity index (χ3n) is 4.00. The Morgan fingerprint density at radius 1 is 1.52 bits per heavy atom. The van der Waals surface area contributed by atoms with Crippen molar-refractivity contribution in [2.24, 2.45) is 5.92 Å². The Balaban J connectivity index is 2.00. The van der Waals surface area contributed by atoms with Gasteiger partial charge >= 0.3 is 12.0 Å². The van der Waals surface area contributed by atoms with Crippen LogP contribution in [-0.4, -0.2) is 27.6 Å². The second kappa shape index (κ2) is 6.74. The second-order valence-corrected chi connectivity index (χ2v) is 7.70. The average Bonchev–Trinajstić information content (AvgIpc) is 2.84. The molecule has 1 aliphatic carbocycles. The fourth-order valence-corrected chi connectivity index (χ4v) is 3.73. The van der Waals surface area contributed by atoms with Crippen LogP contribution >= 0.6 is 27.3 Å². The number of nitrogens with zero attached hydrogens (tertiary/aromatic N) is 1. The number of hydrogen-bond acceptors (Lipinski definition) is 4. The first kappa shape index (κ1) is 16.2. The van der Waals surface area contributed by atoms with E-state index < -0.39 is 17.5 Å². The zero-order valence-electron chi connectivity index (χ0n) is 11.7. The number of urea groups is 1. The molecule has 0 aromatic carbocycles. The first-order valence-electron chi connectivity index (χ1n) is 6.89. The number of carboxylic acid groups (broad SMARTS) is 1. The highest BCUT2D eigenvalue weighted by Crippen LogP contribution is 2.34. The summed E-state index contributed by atoms with van der Waals surface area (Å²) in [6.45, 7) is 2.11. The van der Waals surface area contributed by atoms with E-state index in [0.29, 0.717) is 23.9 Å². The molecule has 0 saturated heterocycles. The van der Waals surface area contributed by atoms with Crippen molar-refractivity contribution in [3.63, 3.8) is 0 Å². The molecule has 1 aliphatic rings. The maximum Gasteiger partial charge on any atom is 0.329 e. The summed E-state index contributed by atoms with van der Waals surface area (Å²) in [5, 5.41) is 15.2. The van der Waals surface area contributed by atoms with E-state index in [-0.39, 0.29) is 0 Å². The maximum absolute atomic E-state index is 12.0. The lowest BCUT2D eigenvalue weighted by Gasteiger charge is -2.37. The highest BCUT2D eigenvalue weighted by atomic mass is 79.9. The molecule has 116 valence electrons. The number of nitrogens with one attached hydrogen (secondary N) is 2. The molecule has 1 aromatic heterocycles. The number of aromatic nitrogens is 1. The number of hydrogen-bond donors (Lipinski definition) is 3. The Hall–Kier alpha value is -1.15. The normalized spacial score (nSPS) is 25.3. The first-order valence-corrected chi connectivity index (χ1v) is 8.50. The van der Waals surface area contributed by atoms with Crippen LogP contribution in [0, 0.1) is 5.92 Å². The predicted molar refractivity (Wildman–Crippen MR) is 84.6 cm³/mol. The van der Waals surface area contributed by atoms with Crippen LogP contribution in [0.4, 0.5) is 9.93 Å². The summed E-state index contributed by atoms with van der Waals surface area (Å²) < 4.78 is 0.800. The Labute approximate surface area is 135 Å². The fraction of sp³-hybridized carbons (Fsp3) is 0.615. The van der Waals surface area contributed by atoms with E-state index in [1.54, 1.807) is 6.20 Å². The SMILES string of the molecule is CCC1CCC(NC(=O)Nc2ncc(Br)s2)(C(=O)O)CC1. The van der Waals surface area contributed by atoms with Crippen molar-refractivity contribution in [3.8, 4) is 0 Å². The van der Waals surface area contributed by atoms with Crippen LogP contribution in [0.1, 0.15) is 39.0 Å². The lowest BCUT2D eigenvalue weighted by Crippen LogP contribution is -2.57. The van der Waals surface area contributed by atoms with E-state index in [2.05, 4.69) is 38.5 Å². The molecule has 2 rings (SSSR count). The molecule has 0 aliphatic heterocycles. The number of carbonyl (C=O) groups is 2. The third kappa shape index (κ3) is 3.94. The van der Waals surface area contributed by atoms with Crippen LogP contribution in [0.3, 0.4) is 0 Å². The molecule has 0 bridgehead atoms. The summed E-state index contributed by atoms with van der Waals surface area (Å²) in [7, 11) is 0. The van der Waals surface area contributed by atoms with E-state index in [9.17, 15) is 14.7 Å². The molecule has 6 nitrogen and oxygen atoms in total. The van der Waals surface area contributed by atoms with Gasteiger partial charge in [0, 0.05) is 0 Å². The van der Waals surface area contributed by atoms with Gasteiger partial charge in [0.25, 0.3) is 0 Å². The zero-order chi connectivity index (χ0) is 15.5. The summed E-state index contributed by atoms with van der Waals surface area (Å²) in [4.78, 5) is 27.6. The smallest absolute Gasteiger partial charge is 0.329 e. The number of carboxylic acids is 1. The van der Waals surface area contributed by atoms with E-state index in [1.165, 1.54) is 11.3 Å². The minimum Gasteiger partial charge on any atom is -0.480 e. The highest BCUT2D eigenvalue weighted by molar-refractivity contribution is 9.11. The molecular weight excluding hydrogens is 358 g/mol. The topological polar surface area (TPSA) is 91.3 Å².